The Balaban J connectivity index is 1.53. The molecule has 0 saturated heterocycles. The predicted octanol–water partition coefficient (Wildman–Crippen LogP) is 2.09. The Morgan fingerprint density at radius 1 is 1.15 bits per heavy atom. The van der Waals surface area contributed by atoms with E-state index in [4.69, 9.17) is 9.47 Å². The number of nitrogens with zero attached hydrogens (tertiary/aromatic N) is 3. The van der Waals surface area contributed by atoms with E-state index in [1.807, 2.05) is 37.3 Å². The van der Waals surface area contributed by atoms with Crippen LogP contribution >= 0.6 is 0 Å². The molecule has 0 unspecified atom stereocenters. The highest BCUT2D eigenvalue weighted by molar-refractivity contribution is 5.83. The number of carbonyl (C=O) groups excluding carboxylic acids is 1. The number of amides is 1. The molecule has 0 atom stereocenters. The van der Waals surface area contributed by atoms with Crippen molar-refractivity contribution in [2.45, 2.75) is 20.0 Å². The van der Waals surface area contributed by atoms with Gasteiger partial charge in [-0.15, -0.1) is 0 Å². The number of ether oxygens (including phenoxy) is 2. The number of carbonyl (C=O) groups is 1. The lowest BCUT2D eigenvalue weighted by Crippen LogP contribution is -2.35. The molecule has 0 spiro atoms. The van der Waals surface area contributed by atoms with Gasteiger partial charge < -0.3 is 14.4 Å². The smallest absolute Gasteiger partial charge is 0.275 e. The van der Waals surface area contributed by atoms with Crippen LogP contribution in [0.3, 0.4) is 0 Å². The summed E-state index contributed by atoms with van der Waals surface area (Å²) in [6, 6.07) is 12.9. The van der Waals surface area contributed by atoms with Crippen LogP contribution in [0.5, 0.6) is 11.5 Å². The molecule has 2 heterocycles. The molecule has 138 valence electrons. The standard InChI is InChI=1S/C20H19N3O4/c1-13-15-5-3-4-6-16(15)20(25)23(21-13)11-19(24)22(2)10-14-7-8-17-18(9-14)27-12-26-17/h3-9H,10-12H2,1-2H3. The topological polar surface area (TPSA) is 73.7 Å². The summed E-state index contributed by atoms with van der Waals surface area (Å²) in [6.07, 6.45) is 0. The summed E-state index contributed by atoms with van der Waals surface area (Å²) in [6.45, 7) is 2.34. The number of aryl methyl sites for hydroxylation is 1. The molecule has 1 aliphatic rings. The van der Waals surface area contributed by atoms with Gasteiger partial charge in [-0.05, 0) is 30.7 Å². The van der Waals surface area contributed by atoms with Crippen LogP contribution in [-0.4, -0.2) is 34.4 Å². The number of rotatable bonds is 4. The molecule has 0 saturated carbocycles. The van der Waals surface area contributed by atoms with Gasteiger partial charge in [0.25, 0.3) is 5.56 Å². The first kappa shape index (κ1) is 17.1. The molecule has 7 heteroatoms. The SMILES string of the molecule is Cc1nn(CC(=O)N(C)Cc2ccc3c(c2)OCO3)c(=O)c2ccccc12. The van der Waals surface area contributed by atoms with Crippen molar-refractivity contribution in [2.24, 2.45) is 0 Å². The summed E-state index contributed by atoms with van der Waals surface area (Å²) in [5, 5.41) is 5.67. The fourth-order valence-electron chi connectivity index (χ4n) is 3.16. The zero-order chi connectivity index (χ0) is 19.0. The van der Waals surface area contributed by atoms with Crippen molar-refractivity contribution >= 4 is 16.7 Å². The summed E-state index contributed by atoms with van der Waals surface area (Å²) in [4.78, 5) is 26.8. The van der Waals surface area contributed by atoms with Crippen molar-refractivity contribution in [3.05, 3.63) is 64.1 Å². The van der Waals surface area contributed by atoms with Crippen LogP contribution < -0.4 is 15.0 Å². The quantitative estimate of drug-likeness (QED) is 0.708. The van der Waals surface area contributed by atoms with E-state index < -0.39 is 0 Å². The second kappa shape index (κ2) is 6.75. The van der Waals surface area contributed by atoms with Gasteiger partial charge in [-0.3, -0.25) is 9.59 Å². The molecule has 3 aromatic rings. The van der Waals surface area contributed by atoms with Crippen molar-refractivity contribution in [3.8, 4) is 11.5 Å². The van der Waals surface area contributed by atoms with Gasteiger partial charge in [0.15, 0.2) is 11.5 Å². The van der Waals surface area contributed by atoms with E-state index in [1.165, 1.54) is 4.68 Å². The average molecular weight is 365 g/mol. The lowest BCUT2D eigenvalue weighted by Gasteiger charge is -2.18. The van der Waals surface area contributed by atoms with Gasteiger partial charge in [-0.25, -0.2) is 4.68 Å². The van der Waals surface area contributed by atoms with Gasteiger partial charge in [0.1, 0.15) is 6.54 Å². The molecule has 1 amide bonds. The number of hydrogen-bond donors (Lipinski definition) is 0. The third kappa shape index (κ3) is 3.23. The van der Waals surface area contributed by atoms with Crippen LogP contribution in [0.25, 0.3) is 10.8 Å². The van der Waals surface area contributed by atoms with E-state index in [0.29, 0.717) is 23.4 Å². The summed E-state index contributed by atoms with van der Waals surface area (Å²) < 4.78 is 11.9. The normalized spacial score (nSPS) is 12.4. The maximum Gasteiger partial charge on any atom is 0.275 e. The predicted molar refractivity (Wildman–Crippen MR) is 99.8 cm³/mol. The van der Waals surface area contributed by atoms with Crippen molar-refractivity contribution in [1.82, 2.24) is 14.7 Å². The Labute approximate surface area is 155 Å². The van der Waals surface area contributed by atoms with Crippen LogP contribution in [0.1, 0.15) is 11.3 Å². The minimum Gasteiger partial charge on any atom is -0.454 e. The average Bonchev–Trinajstić information content (AvgIpc) is 3.13. The molecule has 1 aliphatic heterocycles. The highest BCUT2D eigenvalue weighted by atomic mass is 16.7. The van der Waals surface area contributed by atoms with E-state index in [0.717, 1.165) is 16.6 Å². The monoisotopic (exact) mass is 365 g/mol. The van der Waals surface area contributed by atoms with Crippen LogP contribution in [0.4, 0.5) is 0 Å². The number of fused-ring (bicyclic) bond motifs is 2. The van der Waals surface area contributed by atoms with Crippen molar-refractivity contribution in [1.29, 1.82) is 0 Å². The maximum absolute atomic E-state index is 12.6. The fraction of sp³-hybridized carbons (Fsp3) is 0.250. The molecule has 0 aliphatic carbocycles. The van der Waals surface area contributed by atoms with Crippen molar-refractivity contribution in [2.75, 3.05) is 13.8 Å². The van der Waals surface area contributed by atoms with Crippen molar-refractivity contribution < 1.29 is 14.3 Å². The maximum atomic E-state index is 12.6. The van der Waals surface area contributed by atoms with Gasteiger partial charge >= 0.3 is 0 Å². The molecule has 27 heavy (non-hydrogen) atoms. The highest BCUT2D eigenvalue weighted by Gasteiger charge is 2.17. The first-order valence-electron chi connectivity index (χ1n) is 8.62. The molecule has 0 bridgehead atoms. The fourth-order valence-corrected chi connectivity index (χ4v) is 3.16. The van der Waals surface area contributed by atoms with Crippen molar-refractivity contribution in [3.63, 3.8) is 0 Å². The number of hydrogen-bond acceptors (Lipinski definition) is 5. The molecular weight excluding hydrogens is 346 g/mol. The Bertz CT molecular complexity index is 1090. The molecule has 0 radical (unpaired) electrons. The molecule has 1 aromatic heterocycles. The molecule has 0 fully saturated rings. The first-order chi connectivity index (χ1) is 13.0. The molecule has 2 aromatic carbocycles. The Morgan fingerprint density at radius 2 is 1.89 bits per heavy atom. The van der Waals surface area contributed by atoms with Gasteiger partial charge in [0, 0.05) is 19.0 Å². The third-order valence-electron chi connectivity index (χ3n) is 4.62. The van der Waals surface area contributed by atoms with Gasteiger partial charge in [-0.1, -0.05) is 24.3 Å². The van der Waals surface area contributed by atoms with Crippen LogP contribution in [0.2, 0.25) is 0 Å². The number of benzene rings is 2. The van der Waals surface area contributed by atoms with Gasteiger partial charge in [0.2, 0.25) is 12.7 Å². The van der Waals surface area contributed by atoms with E-state index >= 15 is 0 Å². The molecule has 7 nitrogen and oxygen atoms in total. The van der Waals surface area contributed by atoms with E-state index in [1.54, 1.807) is 24.1 Å². The zero-order valence-electron chi connectivity index (χ0n) is 15.1. The molecule has 0 N–H and O–H groups in total. The summed E-state index contributed by atoms with van der Waals surface area (Å²) in [7, 11) is 1.70. The second-order valence-electron chi connectivity index (χ2n) is 6.53. The molecular formula is C20H19N3O4. The lowest BCUT2D eigenvalue weighted by molar-refractivity contribution is -0.131. The van der Waals surface area contributed by atoms with Gasteiger partial charge in [-0.2, -0.15) is 5.10 Å². The van der Waals surface area contributed by atoms with E-state index in [-0.39, 0.29) is 24.8 Å². The minimum absolute atomic E-state index is 0.106. The summed E-state index contributed by atoms with van der Waals surface area (Å²) in [5.41, 5.74) is 1.38. The Kier molecular flexibility index (Phi) is 4.27. The molecule has 4 rings (SSSR count). The Hall–Kier alpha value is -3.35. The van der Waals surface area contributed by atoms with E-state index in [9.17, 15) is 9.59 Å². The van der Waals surface area contributed by atoms with Crippen LogP contribution in [-0.2, 0) is 17.9 Å². The number of aromatic nitrogens is 2. The first-order valence-corrected chi connectivity index (χ1v) is 8.62. The second-order valence-corrected chi connectivity index (χ2v) is 6.53. The summed E-state index contributed by atoms with van der Waals surface area (Å²) in [5.74, 6) is 1.18. The number of likely N-dealkylation sites (N-methyl/N-ethyl adjacent to an activating group) is 1. The lowest BCUT2D eigenvalue weighted by atomic mass is 10.1. The minimum atomic E-state index is -0.263. The highest BCUT2D eigenvalue weighted by Crippen LogP contribution is 2.32. The third-order valence-corrected chi connectivity index (χ3v) is 4.62. The summed E-state index contributed by atoms with van der Waals surface area (Å²) >= 11 is 0. The van der Waals surface area contributed by atoms with Gasteiger partial charge in [0.05, 0.1) is 11.1 Å². The van der Waals surface area contributed by atoms with Crippen LogP contribution in [0.15, 0.2) is 47.3 Å². The van der Waals surface area contributed by atoms with Crippen LogP contribution in [0, 0.1) is 6.92 Å². The largest absolute Gasteiger partial charge is 0.454 e. The zero-order valence-corrected chi connectivity index (χ0v) is 15.1. The van der Waals surface area contributed by atoms with E-state index in [2.05, 4.69) is 5.10 Å². The Morgan fingerprint density at radius 3 is 2.70 bits per heavy atom.